The van der Waals surface area contributed by atoms with Crippen LogP contribution in [0.4, 0.5) is 23.5 Å². The van der Waals surface area contributed by atoms with Gasteiger partial charge in [-0.1, -0.05) is 37.3 Å². The maximum Gasteiger partial charge on any atom is 0.276 e. The molecule has 1 fully saturated rings. The van der Waals surface area contributed by atoms with Crippen molar-refractivity contribution in [2.45, 2.75) is 45.8 Å². The van der Waals surface area contributed by atoms with E-state index in [-0.39, 0.29) is 30.0 Å². The zero-order chi connectivity index (χ0) is 30.6. The summed E-state index contributed by atoms with van der Waals surface area (Å²) in [6.07, 6.45) is 2.42. The van der Waals surface area contributed by atoms with Crippen molar-refractivity contribution in [3.05, 3.63) is 64.6 Å². The second-order valence-corrected chi connectivity index (χ2v) is 10.8. The van der Waals surface area contributed by atoms with Crippen LogP contribution < -0.4 is 21.1 Å². The summed E-state index contributed by atoms with van der Waals surface area (Å²) >= 11 is 0. The van der Waals surface area contributed by atoms with Crippen LogP contribution in [0.5, 0.6) is 0 Å². The van der Waals surface area contributed by atoms with Gasteiger partial charge in [-0.25, -0.2) is 14.6 Å². The average Bonchev–Trinajstić information content (AvgIpc) is 3.64. The molecule has 4 aromatic heterocycles. The molecule has 0 bridgehead atoms. The Morgan fingerprint density at radius 2 is 1.84 bits per heavy atom. The third-order valence-corrected chi connectivity index (χ3v) is 7.41. The number of fused-ring (bicyclic) bond motifs is 1. The second kappa shape index (κ2) is 12.8. The van der Waals surface area contributed by atoms with Gasteiger partial charge in [-0.2, -0.15) is 9.97 Å². The number of pyridine rings is 1. The number of benzene rings is 1. The standard InChI is InChI=1S/C30H36N10O4/c1-4-12-39-28(42)21-10-11-24(33-26(21)40(39)19(2)3)34-29-31-17-22(27-36-30(37-44-27)38-13-15-43-16-14-38)25(35-29)32-23(18-41)20-8-6-5-7-9-20/h5-11,17,19,23,41H,4,12-16,18H2,1-3H3,(H2,31,32,33,34,35)/t23-/m1/s1. The molecule has 1 saturated heterocycles. The minimum Gasteiger partial charge on any atom is -0.394 e. The van der Waals surface area contributed by atoms with Crippen molar-refractivity contribution < 1.29 is 14.4 Å². The third-order valence-electron chi connectivity index (χ3n) is 7.41. The first-order valence-electron chi connectivity index (χ1n) is 14.8. The summed E-state index contributed by atoms with van der Waals surface area (Å²) in [6.45, 7) is 9.01. The van der Waals surface area contributed by atoms with Crippen LogP contribution in [-0.2, 0) is 11.3 Å². The molecular formula is C30H36N10O4. The number of hydrogen-bond acceptors (Lipinski definition) is 12. The van der Waals surface area contributed by atoms with Gasteiger partial charge in [0.25, 0.3) is 17.4 Å². The molecule has 14 nitrogen and oxygen atoms in total. The number of aromatic nitrogens is 7. The number of rotatable bonds is 11. The number of ether oxygens (including phenoxy) is 1. The average molecular weight is 601 g/mol. The summed E-state index contributed by atoms with van der Waals surface area (Å²) < 4.78 is 14.8. The van der Waals surface area contributed by atoms with Crippen molar-refractivity contribution >= 4 is 34.6 Å². The Hall–Kier alpha value is -4.82. The quantitative estimate of drug-likeness (QED) is 0.202. The Morgan fingerprint density at radius 1 is 1.05 bits per heavy atom. The highest BCUT2D eigenvalue weighted by atomic mass is 16.5. The van der Waals surface area contributed by atoms with Crippen molar-refractivity contribution in [1.29, 1.82) is 0 Å². The summed E-state index contributed by atoms with van der Waals surface area (Å²) in [4.78, 5) is 33.7. The first-order valence-corrected chi connectivity index (χ1v) is 14.8. The molecule has 14 heteroatoms. The van der Waals surface area contributed by atoms with Gasteiger partial charge in [-0.05, 0) is 43.1 Å². The molecule has 5 heterocycles. The number of hydrogen-bond donors (Lipinski definition) is 3. The van der Waals surface area contributed by atoms with Gasteiger partial charge >= 0.3 is 0 Å². The molecule has 1 aromatic carbocycles. The zero-order valence-electron chi connectivity index (χ0n) is 25.0. The molecule has 6 rings (SSSR count). The molecule has 1 atom stereocenters. The minimum absolute atomic E-state index is 0.0333. The van der Waals surface area contributed by atoms with Gasteiger partial charge in [0.05, 0.1) is 31.2 Å². The fourth-order valence-electron chi connectivity index (χ4n) is 5.28. The highest BCUT2D eigenvalue weighted by Crippen LogP contribution is 2.31. The molecule has 3 N–H and O–H groups in total. The van der Waals surface area contributed by atoms with Crippen molar-refractivity contribution in [3.8, 4) is 11.5 Å². The van der Waals surface area contributed by atoms with E-state index in [1.807, 2.05) is 60.7 Å². The molecule has 44 heavy (non-hydrogen) atoms. The summed E-state index contributed by atoms with van der Waals surface area (Å²) in [7, 11) is 0. The van der Waals surface area contributed by atoms with Crippen LogP contribution in [0.15, 0.2) is 58.0 Å². The molecule has 0 amide bonds. The lowest BCUT2D eigenvalue weighted by molar-refractivity contribution is 0.121. The van der Waals surface area contributed by atoms with E-state index < -0.39 is 6.04 Å². The Bertz CT molecular complexity index is 1780. The summed E-state index contributed by atoms with van der Waals surface area (Å²) in [6, 6.07) is 12.7. The van der Waals surface area contributed by atoms with E-state index in [1.54, 1.807) is 23.0 Å². The van der Waals surface area contributed by atoms with Gasteiger partial charge in [0.2, 0.25) is 5.95 Å². The molecule has 1 aliphatic heterocycles. The van der Waals surface area contributed by atoms with E-state index in [2.05, 4.69) is 25.8 Å². The van der Waals surface area contributed by atoms with Gasteiger partial charge in [-0.15, -0.1) is 0 Å². The van der Waals surface area contributed by atoms with Crippen LogP contribution in [0.2, 0.25) is 0 Å². The number of morpholine rings is 1. The number of aliphatic hydroxyl groups excluding tert-OH is 1. The van der Waals surface area contributed by atoms with Crippen LogP contribution in [-0.4, -0.2) is 72.5 Å². The fourth-order valence-corrected chi connectivity index (χ4v) is 5.28. The number of anilines is 4. The first-order chi connectivity index (χ1) is 21.5. The maximum atomic E-state index is 13.1. The van der Waals surface area contributed by atoms with Crippen molar-refractivity contribution in [2.24, 2.45) is 0 Å². The Balaban J connectivity index is 1.36. The molecule has 0 saturated carbocycles. The van der Waals surface area contributed by atoms with E-state index in [0.717, 1.165) is 12.0 Å². The normalized spacial score (nSPS) is 14.3. The molecule has 0 unspecified atom stereocenters. The zero-order valence-corrected chi connectivity index (χ0v) is 25.0. The topological polar surface area (TPSA) is 161 Å². The van der Waals surface area contributed by atoms with Gasteiger partial charge in [-0.3, -0.25) is 9.48 Å². The van der Waals surface area contributed by atoms with Crippen LogP contribution in [0, 0.1) is 0 Å². The Morgan fingerprint density at radius 3 is 2.57 bits per heavy atom. The molecule has 230 valence electrons. The highest BCUT2D eigenvalue weighted by Gasteiger charge is 2.23. The lowest BCUT2D eigenvalue weighted by Crippen LogP contribution is -2.36. The number of aliphatic hydroxyl groups is 1. The SMILES string of the molecule is CCCn1c(=O)c2ccc(Nc3ncc(-c4nc(N5CCOCC5)no4)c(N[C@H](CO)c4ccccc4)n3)nc2n1C(C)C. The van der Waals surface area contributed by atoms with E-state index >= 15 is 0 Å². The van der Waals surface area contributed by atoms with Crippen LogP contribution in [0.25, 0.3) is 22.5 Å². The van der Waals surface area contributed by atoms with Gasteiger partial charge in [0.15, 0.2) is 5.65 Å². The van der Waals surface area contributed by atoms with E-state index in [1.165, 1.54) is 0 Å². The predicted octanol–water partition coefficient (Wildman–Crippen LogP) is 3.75. The lowest BCUT2D eigenvalue weighted by Gasteiger charge is -2.24. The molecule has 0 spiro atoms. The smallest absolute Gasteiger partial charge is 0.276 e. The van der Waals surface area contributed by atoms with E-state index in [9.17, 15) is 9.90 Å². The van der Waals surface area contributed by atoms with E-state index in [4.69, 9.17) is 19.2 Å². The highest BCUT2D eigenvalue weighted by molar-refractivity contribution is 5.78. The maximum absolute atomic E-state index is 13.1. The van der Waals surface area contributed by atoms with Crippen molar-refractivity contribution in [3.63, 3.8) is 0 Å². The van der Waals surface area contributed by atoms with Gasteiger partial charge in [0, 0.05) is 31.9 Å². The van der Waals surface area contributed by atoms with Crippen molar-refractivity contribution in [1.82, 2.24) is 34.5 Å². The molecule has 1 aliphatic rings. The molecule has 0 aliphatic carbocycles. The molecular weight excluding hydrogens is 564 g/mol. The number of nitrogens with zero attached hydrogens (tertiary/aromatic N) is 8. The van der Waals surface area contributed by atoms with Crippen LogP contribution in [0.1, 0.15) is 44.8 Å². The van der Waals surface area contributed by atoms with Crippen LogP contribution in [0.3, 0.4) is 0 Å². The van der Waals surface area contributed by atoms with Crippen molar-refractivity contribution in [2.75, 3.05) is 48.4 Å². The monoisotopic (exact) mass is 600 g/mol. The Labute approximate surface area is 253 Å². The largest absolute Gasteiger partial charge is 0.394 e. The Kier molecular flexibility index (Phi) is 8.52. The van der Waals surface area contributed by atoms with Gasteiger partial charge < -0.3 is 29.9 Å². The third kappa shape index (κ3) is 5.85. The summed E-state index contributed by atoms with van der Waals surface area (Å²) in [5.74, 6) is 1.82. The van der Waals surface area contributed by atoms with Gasteiger partial charge in [0.1, 0.15) is 17.2 Å². The second-order valence-electron chi connectivity index (χ2n) is 10.8. The van der Waals surface area contributed by atoms with E-state index in [0.29, 0.717) is 67.0 Å². The fraction of sp³-hybridized carbons (Fsp3) is 0.400. The summed E-state index contributed by atoms with van der Waals surface area (Å²) in [5, 5.41) is 21.5. The first kappa shape index (κ1) is 29.3. The van der Waals surface area contributed by atoms with Crippen LogP contribution >= 0.6 is 0 Å². The molecule has 5 aromatic rings. The minimum atomic E-state index is -0.465. The molecule has 0 radical (unpaired) electrons. The lowest BCUT2D eigenvalue weighted by atomic mass is 10.1. The predicted molar refractivity (Wildman–Crippen MR) is 166 cm³/mol. The summed E-state index contributed by atoms with van der Waals surface area (Å²) in [5.41, 5.74) is 1.88. The number of nitrogens with one attached hydrogen (secondary N) is 2.